The molecule has 2 rings (SSSR count). The van der Waals surface area contributed by atoms with Crippen molar-refractivity contribution in [1.29, 1.82) is 0 Å². The number of rotatable bonds is 18. The normalized spacial score (nSPS) is 33.8. The lowest BCUT2D eigenvalue weighted by Gasteiger charge is -2.45. The standard InChI is InChI=1S/C33H66N2/c1-5-9-13-17-28-22-26(23-29(32(28)34)18-14-10-6-2)21-27-24-30(19-15-11-7-3)33(35)31(25-27)20-16-12-8-4/h26-33H,5-25,34-35H2,1-4H3. The summed E-state index contributed by atoms with van der Waals surface area (Å²) in [6.45, 7) is 9.33. The Hall–Kier alpha value is -0.0800. The van der Waals surface area contributed by atoms with Gasteiger partial charge in [0.1, 0.15) is 0 Å². The first-order chi connectivity index (χ1) is 17.0. The number of hydrogen-bond acceptors (Lipinski definition) is 2. The van der Waals surface area contributed by atoms with Crippen LogP contribution in [0.25, 0.3) is 0 Å². The molecule has 208 valence electrons. The van der Waals surface area contributed by atoms with E-state index in [9.17, 15) is 0 Å². The summed E-state index contributed by atoms with van der Waals surface area (Å²) in [6.07, 6.45) is 29.0. The van der Waals surface area contributed by atoms with Crippen molar-refractivity contribution in [3.8, 4) is 0 Å². The first-order valence-electron chi connectivity index (χ1n) is 16.5. The maximum Gasteiger partial charge on any atom is 0.00958 e. The van der Waals surface area contributed by atoms with Crippen molar-refractivity contribution in [1.82, 2.24) is 0 Å². The highest BCUT2D eigenvalue weighted by Crippen LogP contribution is 2.45. The maximum atomic E-state index is 6.96. The Morgan fingerprint density at radius 1 is 0.429 bits per heavy atom. The lowest BCUT2D eigenvalue weighted by molar-refractivity contribution is 0.0858. The van der Waals surface area contributed by atoms with Crippen LogP contribution < -0.4 is 11.5 Å². The summed E-state index contributed by atoms with van der Waals surface area (Å²) >= 11 is 0. The SMILES string of the molecule is CCCCCC1CC(CC2CC(CCCCC)C(N)C(CCCCC)C2)CC(CCCCC)C1N. The first kappa shape index (κ1) is 31.1. The van der Waals surface area contributed by atoms with Gasteiger partial charge in [0.15, 0.2) is 0 Å². The molecule has 2 saturated carbocycles. The molecule has 0 radical (unpaired) electrons. The van der Waals surface area contributed by atoms with Crippen molar-refractivity contribution in [2.45, 2.75) is 175 Å². The van der Waals surface area contributed by atoms with Crippen molar-refractivity contribution >= 4 is 0 Å². The van der Waals surface area contributed by atoms with Gasteiger partial charge in [0.2, 0.25) is 0 Å². The molecule has 0 spiro atoms. The summed E-state index contributed by atoms with van der Waals surface area (Å²) in [5.41, 5.74) is 13.9. The largest absolute Gasteiger partial charge is 0.327 e. The lowest BCUT2D eigenvalue weighted by Crippen LogP contribution is -2.46. The summed E-state index contributed by atoms with van der Waals surface area (Å²) in [4.78, 5) is 0. The summed E-state index contributed by atoms with van der Waals surface area (Å²) in [6, 6.07) is 0.923. The van der Waals surface area contributed by atoms with Gasteiger partial charge in [-0.2, -0.15) is 0 Å². The monoisotopic (exact) mass is 491 g/mol. The fourth-order valence-corrected chi connectivity index (χ4v) is 8.03. The molecule has 0 saturated heterocycles. The minimum absolute atomic E-state index is 0.461. The van der Waals surface area contributed by atoms with Crippen molar-refractivity contribution in [3.05, 3.63) is 0 Å². The quantitative estimate of drug-likeness (QED) is 0.188. The first-order valence-corrected chi connectivity index (χ1v) is 16.5. The van der Waals surface area contributed by atoms with Crippen LogP contribution in [0, 0.1) is 35.5 Å². The number of unbranched alkanes of at least 4 members (excludes halogenated alkanes) is 8. The van der Waals surface area contributed by atoms with Crippen LogP contribution in [-0.4, -0.2) is 12.1 Å². The predicted octanol–water partition coefficient (Wildman–Crippen LogP) is 9.64. The van der Waals surface area contributed by atoms with Crippen molar-refractivity contribution in [3.63, 3.8) is 0 Å². The Balaban J connectivity index is 2.03. The molecule has 2 fully saturated rings. The molecule has 2 aliphatic rings. The zero-order valence-electron chi connectivity index (χ0n) is 24.6. The van der Waals surface area contributed by atoms with Gasteiger partial charge in [0, 0.05) is 12.1 Å². The average Bonchev–Trinajstić information content (AvgIpc) is 2.84. The molecule has 0 aromatic heterocycles. The van der Waals surface area contributed by atoms with Crippen LogP contribution in [0.1, 0.15) is 163 Å². The van der Waals surface area contributed by atoms with E-state index in [1.54, 1.807) is 0 Å². The third-order valence-corrected chi connectivity index (χ3v) is 10.1. The minimum Gasteiger partial charge on any atom is -0.327 e. The Bertz CT molecular complexity index is 421. The molecule has 4 N–H and O–H groups in total. The third kappa shape index (κ3) is 11.1. The summed E-state index contributed by atoms with van der Waals surface area (Å²) in [5.74, 6) is 4.94. The highest BCUT2D eigenvalue weighted by molar-refractivity contribution is 4.93. The minimum atomic E-state index is 0.461. The van der Waals surface area contributed by atoms with Crippen molar-refractivity contribution in [2.24, 2.45) is 47.0 Å². The van der Waals surface area contributed by atoms with Gasteiger partial charge < -0.3 is 11.5 Å². The molecule has 35 heavy (non-hydrogen) atoms. The van der Waals surface area contributed by atoms with Gasteiger partial charge in [-0.25, -0.2) is 0 Å². The van der Waals surface area contributed by atoms with Gasteiger partial charge in [-0.1, -0.05) is 105 Å². The molecule has 0 heterocycles. The molecular formula is C33H66N2. The van der Waals surface area contributed by atoms with Gasteiger partial charge in [-0.3, -0.25) is 0 Å². The highest BCUT2D eigenvalue weighted by atomic mass is 14.7. The molecule has 4 atom stereocenters. The van der Waals surface area contributed by atoms with E-state index in [-0.39, 0.29) is 0 Å². The fraction of sp³-hybridized carbons (Fsp3) is 1.00. The van der Waals surface area contributed by atoms with Crippen molar-refractivity contribution in [2.75, 3.05) is 0 Å². The van der Waals surface area contributed by atoms with Crippen LogP contribution in [0.3, 0.4) is 0 Å². The molecule has 0 aliphatic heterocycles. The van der Waals surface area contributed by atoms with Crippen LogP contribution in [0.5, 0.6) is 0 Å². The molecule has 0 aromatic carbocycles. The van der Waals surface area contributed by atoms with E-state index in [2.05, 4.69) is 27.7 Å². The molecule has 2 nitrogen and oxygen atoms in total. The smallest absolute Gasteiger partial charge is 0.00958 e. The summed E-state index contributed by atoms with van der Waals surface area (Å²) in [7, 11) is 0. The topological polar surface area (TPSA) is 52.0 Å². The lowest BCUT2D eigenvalue weighted by atomic mass is 9.63. The van der Waals surface area contributed by atoms with Crippen LogP contribution >= 0.6 is 0 Å². The van der Waals surface area contributed by atoms with Gasteiger partial charge in [0.25, 0.3) is 0 Å². The van der Waals surface area contributed by atoms with Crippen molar-refractivity contribution < 1.29 is 0 Å². The molecular weight excluding hydrogens is 424 g/mol. The molecule has 0 bridgehead atoms. The maximum absolute atomic E-state index is 6.96. The Morgan fingerprint density at radius 3 is 0.914 bits per heavy atom. The average molecular weight is 491 g/mol. The zero-order valence-corrected chi connectivity index (χ0v) is 24.6. The Labute approximate surface area is 221 Å². The van der Waals surface area contributed by atoms with Gasteiger partial charge >= 0.3 is 0 Å². The second kappa shape index (κ2) is 18.2. The number of hydrogen-bond donors (Lipinski definition) is 2. The molecule has 2 aliphatic carbocycles. The molecule has 2 heteroatoms. The second-order valence-electron chi connectivity index (χ2n) is 13.1. The highest BCUT2D eigenvalue weighted by Gasteiger charge is 2.39. The summed E-state index contributed by atoms with van der Waals surface area (Å²) < 4.78 is 0. The van der Waals surface area contributed by atoms with E-state index >= 15 is 0 Å². The van der Waals surface area contributed by atoms with E-state index in [1.807, 2.05) is 0 Å². The van der Waals surface area contributed by atoms with Crippen LogP contribution in [-0.2, 0) is 0 Å². The fourth-order valence-electron chi connectivity index (χ4n) is 8.03. The van der Waals surface area contributed by atoms with Gasteiger partial charge in [0.05, 0.1) is 0 Å². The summed E-state index contributed by atoms with van der Waals surface area (Å²) in [5, 5.41) is 0. The number of nitrogens with two attached hydrogens (primary N) is 2. The second-order valence-corrected chi connectivity index (χ2v) is 13.1. The Morgan fingerprint density at radius 2 is 0.686 bits per heavy atom. The van der Waals surface area contributed by atoms with E-state index in [1.165, 1.54) is 135 Å². The van der Waals surface area contributed by atoms with E-state index in [4.69, 9.17) is 11.5 Å². The van der Waals surface area contributed by atoms with E-state index in [0.717, 1.165) is 35.5 Å². The van der Waals surface area contributed by atoms with Gasteiger partial charge in [-0.05, 0) is 93.3 Å². The molecule has 0 amide bonds. The van der Waals surface area contributed by atoms with Crippen LogP contribution in [0.15, 0.2) is 0 Å². The molecule has 0 aromatic rings. The van der Waals surface area contributed by atoms with Crippen LogP contribution in [0.2, 0.25) is 0 Å². The Kier molecular flexibility index (Phi) is 16.2. The van der Waals surface area contributed by atoms with Crippen LogP contribution in [0.4, 0.5) is 0 Å². The molecule has 4 unspecified atom stereocenters. The third-order valence-electron chi connectivity index (χ3n) is 10.1. The van der Waals surface area contributed by atoms with Gasteiger partial charge in [-0.15, -0.1) is 0 Å². The van der Waals surface area contributed by atoms with E-state index < -0.39 is 0 Å². The zero-order chi connectivity index (χ0) is 25.5. The predicted molar refractivity (Wildman–Crippen MR) is 157 cm³/mol. The van der Waals surface area contributed by atoms with E-state index in [0.29, 0.717) is 12.1 Å².